The van der Waals surface area contributed by atoms with Crippen molar-refractivity contribution in [3.63, 3.8) is 0 Å². The van der Waals surface area contributed by atoms with E-state index in [1.54, 1.807) is 6.20 Å². The van der Waals surface area contributed by atoms with Gasteiger partial charge < -0.3 is 4.74 Å². The lowest BCUT2D eigenvalue weighted by Crippen LogP contribution is -2.41. The first kappa shape index (κ1) is 14.0. The monoisotopic (exact) mass is 281 g/mol. The highest BCUT2D eigenvalue weighted by Crippen LogP contribution is 2.37. The third kappa shape index (κ3) is 2.61. The van der Waals surface area contributed by atoms with Crippen molar-refractivity contribution in [2.24, 2.45) is 0 Å². The summed E-state index contributed by atoms with van der Waals surface area (Å²) in [7, 11) is 0. The Balaban J connectivity index is 2.03. The molecule has 1 aliphatic rings. The molecule has 108 valence electrons. The quantitative estimate of drug-likeness (QED) is 0.810. The van der Waals surface area contributed by atoms with Gasteiger partial charge >= 0.3 is 0 Å². The number of benzene rings is 1. The molecule has 2 heterocycles. The van der Waals surface area contributed by atoms with Crippen molar-refractivity contribution in [2.45, 2.75) is 25.2 Å². The molecular weight excluding hydrogens is 262 g/mol. The molecule has 0 amide bonds. The topological polar surface area (TPSA) is 39.2 Å². The average Bonchev–Trinajstić information content (AvgIpc) is 2.56. The Morgan fingerprint density at radius 1 is 1.10 bits per heavy atom. The minimum Gasteiger partial charge on any atom is -0.381 e. The van der Waals surface area contributed by atoms with E-state index in [-0.39, 0.29) is 5.78 Å². The van der Waals surface area contributed by atoms with Crippen LogP contribution in [0.1, 0.15) is 34.5 Å². The normalized spacial score (nSPS) is 17.4. The van der Waals surface area contributed by atoms with Gasteiger partial charge in [-0.3, -0.25) is 9.78 Å². The van der Waals surface area contributed by atoms with E-state index in [1.165, 1.54) is 0 Å². The van der Waals surface area contributed by atoms with Crippen LogP contribution in [-0.4, -0.2) is 24.0 Å². The second-order valence-corrected chi connectivity index (χ2v) is 5.58. The molecular formula is C18H19NO2. The molecule has 0 spiro atoms. The summed E-state index contributed by atoms with van der Waals surface area (Å²) < 4.78 is 5.48. The number of rotatable bonds is 3. The standard InChI is InChI=1S/C18H19NO2/c1-14-7-8-15(13-19-14)17(20)18(9-11-21-12-10-18)16-5-3-2-4-6-16/h2-8,13H,9-12H2,1H3. The summed E-state index contributed by atoms with van der Waals surface area (Å²) in [6, 6.07) is 13.8. The Morgan fingerprint density at radius 2 is 1.81 bits per heavy atom. The smallest absolute Gasteiger partial charge is 0.175 e. The predicted molar refractivity (Wildman–Crippen MR) is 81.5 cm³/mol. The third-order valence-corrected chi connectivity index (χ3v) is 4.28. The van der Waals surface area contributed by atoms with Crippen LogP contribution in [0.5, 0.6) is 0 Å². The van der Waals surface area contributed by atoms with E-state index in [9.17, 15) is 4.79 Å². The van der Waals surface area contributed by atoms with E-state index in [4.69, 9.17) is 4.74 Å². The summed E-state index contributed by atoms with van der Waals surface area (Å²) >= 11 is 0. The zero-order valence-electron chi connectivity index (χ0n) is 12.2. The van der Waals surface area contributed by atoms with Crippen LogP contribution in [0.15, 0.2) is 48.7 Å². The van der Waals surface area contributed by atoms with Crippen molar-refractivity contribution < 1.29 is 9.53 Å². The van der Waals surface area contributed by atoms with Gasteiger partial charge in [-0.1, -0.05) is 30.3 Å². The van der Waals surface area contributed by atoms with Gasteiger partial charge in [-0.25, -0.2) is 0 Å². The zero-order valence-corrected chi connectivity index (χ0v) is 12.2. The highest BCUT2D eigenvalue weighted by molar-refractivity contribution is 6.04. The number of hydrogen-bond donors (Lipinski definition) is 0. The minimum absolute atomic E-state index is 0.157. The summed E-state index contributed by atoms with van der Waals surface area (Å²) in [6.07, 6.45) is 3.14. The maximum Gasteiger partial charge on any atom is 0.175 e. The van der Waals surface area contributed by atoms with Crippen LogP contribution in [0.2, 0.25) is 0 Å². The number of pyridine rings is 1. The highest BCUT2D eigenvalue weighted by atomic mass is 16.5. The zero-order chi connectivity index (χ0) is 14.7. The largest absolute Gasteiger partial charge is 0.381 e. The number of hydrogen-bond acceptors (Lipinski definition) is 3. The fraction of sp³-hybridized carbons (Fsp3) is 0.333. The summed E-state index contributed by atoms with van der Waals surface area (Å²) in [4.78, 5) is 17.4. The molecule has 0 unspecified atom stereocenters. The van der Waals surface area contributed by atoms with Crippen LogP contribution in [0.25, 0.3) is 0 Å². The maximum absolute atomic E-state index is 13.1. The molecule has 3 heteroatoms. The Labute approximate surface area is 125 Å². The molecule has 0 aliphatic carbocycles. The van der Waals surface area contributed by atoms with E-state index < -0.39 is 5.41 Å². The van der Waals surface area contributed by atoms with Gasteiger partial charge in [0.1, 0.15) is 0 Å². The fourth-order valence-electron chi connectivity index (χ4n) is 3.00. The van der Waals surface area contributed by atoms with Crippen molar-refractivity contribution in [2.75, 3.05) is 13.2 Å². The van der Waals surface area contributed by atoms with E-state index in [2.05, 4.69) is 4.98 Å². The second kappa shape index (κ2) is 5.78. The number of ether oxygens (including phenoxy) is 1. The number of Topliss-reactive ketones (excluding diaryl/α,β-unsaturated/α-hetero) is 1. The predicted octanol–water partition coefficient (Wildman–Crippen LogP) is 3.32. The molecule has 3 rings (SSSR count). The van der Waals surface area contributed by atoms with Crippen molar-refractivity contribution >= 4 is 5.78 Å². The van der Waals surface area contributed by atoms with E-state index in [0.29, 0.717) is 18.8 Å². The van der Waals surface area contributed by atoms with E-state index in [0.717, 1.165) is 24.1 Å². The molecule has 2 aromatic rings. The molecule has 0 atom stereocenters. The molecule has 21 heavy (non-hydrogen) atoms. The molecule has 1 saturated heterocycles. The molecule has 1 fully saturated rings. The van der Waals surface area contributed by atoms with Crippen LogP contribution >= 0.6 is 0 Å². The minimum atomic E-state index is -0.476. The van der Waals surface area contributed by atoms with Gasteiger partial charge in [-0.2, -0.15) is 0 Å². The number of nitrogens with zero attached hydrogens (tertiary/aromatic N) is 1. The van der Waals surface area contributed by atoms with E-state index >= 15 is 0 Å². The number of aromatic nitrogens is 1. The van der Waals surface area contributed by atoms with Crippen LogP contribution in [-0.2, 0) is 10.2 Å². The van der Waals surface area contributed by atoms with Gasteiger partial charge in [0, 0.05) is 30.7 Å². The average molecular weight is 281 g/mol. The van der Waals surface area contributed by atoms with Gasteiger partial charge in [0.15, 0.2) is 5.78 Å². The Bertz CT molecular complexity index is 613. The molecule has 0 bridgehead atoms. The van der Waals surface area contributed by atoms with Gasteiger partial charge in [0.05, 0.1) is 5.41 Å². The Kier molecular flexibility index (Phi) is 3.84. The van der Waals surface area contributed by atoms with Crippen LogP contribution in [0.3, 0.4) is 0 Å². The molecule has 1 aromatic heterocycles. The van der Waals surface area contributed by atoms with E-state index in [1.807, 2.05) is 49.4 Å². The lowest BCUT2D eigenvalue weighted by atomic mass is 9.69. The lowest BCUT2D eigenvalue weighted by molar-refractivity contribution is 0.0423. The second-order valence-electron chi connectivity index (χ2n) is 5.58. The first-order chi connectivity index (χ1) is 10.2. The SMILES string of the molecule is Cc1ccc(C(=O)C2(c3ccccc3)CCOCC2)cn1. The maximum atomic E-state index is 13.1. The van der Waals surface area contributed by atoms with Crippen molar-refractivity contribution in [1.29, 1.82) is 0 Å². The number of carbonyl (C=O) groups excluding carboxylic acids is 1. The third-order valence-electron chi connectivity index (χ3n) is 4.28. The van der Waals surface area contributed by atoms with Gasteiger partial charge in [0.2, 0.25) is 0 Å². The molecule has 0 N–H and O–H groups in total. The molecule has 1 aromatic carbocycles. The van der Waals surface area contributed by atoms with Crippen molar-refractivity contribution in [1.82, 2.24) is 4.98 Å². The van der Waals surface area contributed by atoms with Crippen LogP contribution in [0.4, 0.5) is 0 Å². The number of ketones is 1. The first-order valence-corrected chi connectivity index (χ1v) is 7.33. The van der Waals surface area contributed by atoms with Crippen LogP contribution in [0, 0.1) is 6.92 Å². The van der Waals surface area contributed by atoms with Crippen molar-refractivity contribution in [3.8, 4) is 0 Å². The summed E-state index contributed by atoms with van der Waals surface area (Å²) in [6.45, 7) is 3.18. The summed E-state index contributed by atoms with van der Waals surface area (Å²) in [5.41, 5.74) is 2.22. The van der Waals surface area contributed by atoms with Crippen molar-refractivity contribution in [3.05, 3.63) is 65.5 Å². The van der Waals surface area contributed by atoms with Gasteiger partial charge in [0.25, 0.3) is 0 Å². The van der Waals surface area contributed by atoms with Gasteiger partial charge in [-0.15, -0.1) is 0 Å². The first-order valence-electron chi connectivity index (χ1n) is 7.33. The highest BCUT2D eigenvalue weighted by Gasteiger charge is 2.41. The number of aryl methyl sites for hydroxylation is 1. The Hall–Kier alpha value is -2.00. The fourth-order valence-corrected chi connectivity index (χ4v) is 3.00. The molecule has 0 radical (unpaired) electrons. The molecule has 3 nitrogen and oxygen atoms in total. The summed E-state index contributed by atoms with van der Waals surface area (Å²) in [5.74, 6) is 0.157. The Morgan fingerprint density at radius 3 is 2.43 bits per heavy atom. The summed E-state index contributed by atoms with van der Waals surface area (Å²) in [5, 5.41) is 0. The molecule has 0 saturated carbocycles. The number of carbonyl (C=O) groups is 1. The van der Waals surface area contributed by atoms with Gasteiger partial charge in [-0.05, 0) is 37.5 Å². The lowest BCUT2D eigenvalue weighted by Gasteiger charge is -2.36. The van der Waals surface area contributed by atoms with Crippen LogP contribution < -0.4 is 0 Å². The molecule has 1 aliphatic heterocycles.